The van der Waals surface area contributed by atoms with Crippen molar-refractivity contribution in [1.82, 2.24) is 5.32 Å². The monoisotopic (exact) mass is 279 g/mol. The molecule has 0 spiro atoms. The van der Waals surface area contributed by atoms with E-state index in [0.717, 1.165) is 12.1 Å². The zero-order valence-electron chi connectivity index (χ0n) is 11.7. The number of ether oxygens (including phenoxy) is 1. The van der Waals surface area contributed by atoms with Gasteiger partial charge in [-0.15, -0.1) is 11.8 Å². The van der Waals surface area contributed by atoms with Crippen LogP contribution in [-0.4, -0.2) is 37.8 Å². The Kier molecular flexibility index (Phi) is 4.66. The van der Waals surface area contributed by atoms with Gasteiger partial charge in [0.15, 0.2) is 5.78 Å². The molecule has 0 aliphatic carbocycles. The third-order valence-electron chi connectivity index (χ3n) is 3.65. The van der Waals surface area contributed by atoms with Gasteiger partial charge in [0.05, 0.1) is 12.0 Å². The van der Waals surface area contributed by atoms with Gasteiger partial charge < -0.3 is 10.1 Å². The van der Waals surface area contributed by atoms with Gasteiger partial charge in [0, 0.05) is 18.0 Å². The summed E-state index contributed by atoms with van der Waals surface area (Å²) in [5.74, 6) is 0.150. The lowest BCUT2D eigenvalue weighted by Gasteiger charge is -2.31. The first kappa shape index (κ1) is 14.6. The number of morpholine rings is 1. The van der Waals surface area contributed by atoms with Crippen molar-refractivity contribution in [3.63, 3.8) is 0 Å². The fraction of sp³-hybridized carbons (Fsp3) is 0.533. The quantitative estimate of drug-likeness (QED) is 0.858. The van der Waals surface area contributed by atoms with E-state index in [1.807, 2.05) is 32.2 Å². The molecule has 1 aliphatic rings. The number of carbonyl (C=O) groups is 1. The van der Waals surface area contributed by atoms with Gasteiger partial charge in [-0.05, 0) is 37.8 Å². The van der Waals surface area contributed by atoms with Crippen LogP contribution >= 0.6 is 11.8 Å². The number of thioether (sulfide) groups is 1. The normalized spacial score (nSPS) is 20.3. The van der Waals surface area contributed by atoms with Crippen LogP contribution in [0.4, 0.5) is 0 Å². The number of Topliss-reactive ketones (excluding diaryl/α,β-unsaturated/α-hetero) is 1. The molecule has 1 aliphatic heterocycles. The molecule has 1 aromatic rings. The van der Waals surface area contributed by atoms with Crippen molar-refractivity contribution in [3.05, 3.63) is 29.8 Å². The molecule has 0 radical (unpaired) electrons. The lowest BCUT2D eigenvalue weighted by Crippen LogP contribution is -2.49. The fourth-order valence-electron chi connectivity index (χ4n) is 2.29. The van der Waals surface area contributed by atoms with E-state index in [1.54, 1.807) is 11.8 Å². The van der Waals surface area contributed by atoms with Crippen LogP contribution in [-0.2, 0) is 14.9 Å². The first-order chi connectivity index (χ1) is 9.05. The molecule has 1 atom stereocenters. The van der Waals surface area contributed by atoms with E-state index in [2.05, 4.69) is 17.4 Å². The summed E-state index contributed by atoms with van der Waals surface area (Å²) in [4.78, 5) is 13.8. The lowest BCUT2D eigenvalue weighted by molar-refractivity contribution is -0.136. The molecule has 2 rings (SSSR count). The average molecular weight is 279 g/mol. The summed E-state index contributed by atoms with van der Waals surface area (Å²) in [6.07, 6.45) is 1.72. The topological polar surface area (TPSA) is 38.3 Å². The molecule has 1 N–H and O–H groups in total. The van der Waals surface area contributed by atoms with E-state index < -0.39 is 5.41 Å². The third-order valence-corrected chi connectivity index (χ3v) is 4.39. The van der Waals surface area contributed by atoms with Crippen LogP contribution in [0, 0.1) is 0 Å². The summed E-state index contributed by atoms with van der Waals surface area (Å²) in [6.45, 7) is 6.00. The second kappa shape index (κ2) is 6.07. The van der Waals surface area contributed by atoms with Gasteiger partial charge >= 0.3 is 0 Å². The van der Waals surface area contributed by atoms with Crippen molar-refractivity contribution >= 4 is 17.5 Å². The number of ketones is 1. The molecule has 19 heavy (non-hydrogen) atoms. The Morgan fingerprint density at radius 2 is 2.05 bits per heavy atom. The Labute approximate surface area is 119 Å². The fourth-order valence-corrected chi connectivity index (χ4v) is 2.69. The van der Waals surface area contributed by atoms with Gasteiger partial charge in [0.2, 0.25) is 0 Å². The van der Waals surface area contributed by atoms with Crippen molar-refractivity contribution in [2.75, 3.05) is 26.0 Å². The summed E-state index contributed by atoms with van der Waals surface area (Å²) in [5.41, 5.74) is 0.533. The van der Waals surface area contributed by atoms with Crippen LogP contribution in [0.25, 0.3) is 0 Å². The van der Waals surface area contributed by atoms with Crippen LogP contribution in [0.1, 0.15) is 19.4 Å². The average Bonchev–Trinajstić information content (AvgIpc) is 2.47. The molecule has 1 fully saturated rings. The molecule has 1 unspecified atom stereocenters. The van der Waals surface area contributed by atoms with Gasteiger partial charge in [0.1, 0.15) is 6.10 Å². The van der Waals surface area contributed by atoms with Crippen molar-refractivity contribution in [3.8, 4) is 0 Å². The zero-order chi connectivity index (χ0) is 13.9. The number of hydrogen-bond acceptors (Lipinski definition) is 4. The molecule has 1 aromatic carbocycles. The zero-order valence-corrected chi connectivity index (χ0v) is 12.5. The van der Waals surface area contributed by atoms with Crippen molar-refractivity contribution in [2.45, 2.75) is 30.3 Å². The largest absolute Gasteiger partial charge is 0.368 e. The highest BCUT2D eigenvalue weighted by Crippen LogP contribution is 2.28. The molecule has 0 amide bonds. The minimum atomic E-state index is -0.513. The van der Waals surface area contributed by atoms with Crippen LogP contribution in [0.5, 0.6) is 0 Å². The number of rotatable bonds is 4. The van der Waals surface area contributed by atoms with Gasteiger partial charge in [-0.25, -0.2) is 0 Å². The Morgan fingerprint density at radius 1 is 1.37 bits per heavy atom. The Balaban J connectivity index is 2.17. The van der Waals surface area contributed by atoms with Crippen molar-refractivity contribution in [1.29, 1.82) is 0 Å². The second-order valence-electron chi connectivity index (χ2n) is 5.28. The second-order valence-corrected chi connectivity index (χ2v) is 6.16. The minimum absolute atomic E-state index is 0.150. The standard InChI is InChI=1S/C15H21NO2S/c1-15(2,11-4-6-12(19-3)7-5-11)14(17)13-10-16-8-9-18-13/h4-7,13,16H,8-10H2,1-3H3. The van der Waals surface area contributed by atoms with E-state index in [0.29, 0.717) is 13.2 Å². The van der Waals surface area contributed by atoms with Crippen molar-refractivity contribution in [2.24, 2.45) is 0 Å². The van der Waals surface area contributed by atoms with Gasteiger partial charge in [-0.2, -0.15) is 0 Å². The Bertz CT molecular complexity index is 436. The molecule has 1 heterocycles. The van der Waals surface area contributed by atoms with Crippen molar-refractivity contribution < 1.29 is 9.53 Å². The number of nitrogens with one attached hydrogen (secondary N) is 1. The molecule has 0 bridgehead atoms. The minimum Gasteiger partial charge on any atom is -0.368 e. The number of benzene rings is 1. The summed E-state index contributed by atoms with van der Waals surface area (Å²) >= 11 is 1.70. The predicted molar refractivity (Wildman–Crippen MR) is 78.9 cm³/mol. The van der Waals surface area contributed by atoms with Crippen LogP contribution < -0.4 is 5.32 Å². The summed E-state index contributed by atoms with van der Waals surface area (Å²) < 4.78 is 5.58. The number of hydrogen-bond donors (Lipinski definition) is 1. The molecule has 104 valence electrons. The summed E-state index contributed by atoms with van der Waals surface area (Å²) in [6, 6.07) is 8.21. The molecule has 1 saturated heterocycles. The van der Waals surface area contributed by atoms with Crippen LogP contribution in [0.2, 0.25) is 0 Å². The SMILES string of the molecule is CSc1ccc(C(C)(C)C(=O)C2CNCCO2)cc1. The highest BCUT2D eigenvalue weighted by Gasteiger charge is 2.36. The summed E-state index contributed by atoms with van der Waals surface area (Å²) in [7, 11) is 0. The molecular weight excluding hydrogens is 258 g/mol. The maximum atomic E-state index is 12.6. The molecule has 0 aromatic heterocycles. The maximum Gasteiger partial charge on any atom is 0.172 e. The van der Waals surface area contributed by atoms with Gasteiger partial charge in [-0.1, -0.05) is 12.1 Å². The highest BCUT2D eigenvalue weighted by atomic mass is 32.2. The third kappa shape index (κ3) is 3.19. The van der Waals surface area contributed by atoms with Gasteiger partial charge in [0.25, 0.3) is 0 Å². The Morgan fingerprint density at radius 3 is 2.58 bits per heavy atom. The smallest absolute Gasteiger partial charge is 0.172 e. The maximum absolute atomic E-state index is 12.6. The summed E-state index contributed by atoms with van der Waals surface area (Å²) in [5, 5.41) is 3.21. The van der Waals surface area contributed by atoms with E-state index in [4.69, 9.17) is 4.74 Å². The predicted octanol–water partition coefficient (Wildman–Crippen LogP) is 2.24. The van der Waals surface area contributed by atoms with E-state index >= 15 is 0 Å². The molecule has 4 heteroatoms. The van der Waals surface area contributed by atoms with Crippen LogP contribution in [0.3, 0.4) is 0 Å². The highest BCUT2D eigenvalue weighted by molar-refractivity contribution is 7.98. The van der Waals surface area contributed by atoms with E-state index in [-0.39, 0.29) is 11.9 Å². The molecule has 3 nitrogen and oxygen atoms in total. The lowest BCUT2D eigenvalue weighted by atomic mass is 9.78. The molecular formula is C15H21NO2S. The first-order valence-electron chi connectivity index (χ1n) is 6.57. The Hall–Kier alpha value is -0.840. The van der Waals surface area contributed by atoms with Gasteiger partial charge in [-0.3, -0.25) is 4.79 Å². The van der Waals surface area contributed by atoms with Crippen LogP contribution in [0.15, 0.2) is 29.2 Å². The number of carbonyl (C=O) groups excluding carboxylic acids is 1. The van der Waals surface area contributed by atoms with E-state index in [9.17, 15) is 4.79 Å². The first-order valence-corrected chi connectivity index (χ1v) is 7.79. The molecule has 0 saturated carbocycles. The van der Waals surface area contributed by atoms with E-state index in [1.165, 1.54) is 4.90 Å².